The van der Waals surface area contributed by atoms with Crippen molar-refractivity contribution in [3.8, 4) is 11.6 Å². The van der Waals surface area contributed by atoms with Crippen LogP contribution in [0, 0.1) is 13.8 Å². The number of furan rings is 1. The predicted molar refractivity (Wildman–Crippen MR) is 111 cm³/mol. The number of nitrogens with zero attached hydrogens (tertiary/aromatic N) is 3. The molecule has 1 aromatic carbocycles. The van der Waals surface area contributed by atoms with Crippen molar-refractivity contribution in [1.82, 2.24) is 25.8 Å². The summed E-state index contributed by atoms with van der Waals surface area (Å²) in [6.07, 6.45) is 3.25. The largest absolute Gasteiger partial charge is 0.461 e. The zero-order valence-corrected chi connectivity index (χ0v) is 16.7. The molecule has 7 heteroatoms. The van der Waals surface area contributed by atoms with E-state index in [0.717, 1.165) is 31.3 Å². The Labute approximate surface area is 165 Å². The maximum Gasteiger partial charge on any atom is 0.216 e. The summed E-state index contributed by atoms with van der Waals surface area (Å²) in [6, 6.07) is 10.3. The molecule has 3 aromatic rings. The van der Waals surface area contributed by atoms with E-state index in [0.29, 0.717) is 24.6 Å². The van der Waals surface area contributed by atoms with Gasteiger partial charge in [-0.05, 0) is 44.9 Å². The molecule has 0 saturated carbocycles. The van der Waals surface area contributed by atoms with Crippen molar-refractivity contribution in [3.05, 3.63) is 59.1 Å². The van der Waals surface area contributed by atoms with Crippen molar-refractivity contribution in [2.75, 3.05) is 19.6 Å². The molecule has 0 unspecified atom stereocenters. The Morgan fingerprint density at radius 1 is 1.14 bits per heavy atom. The van der Waals surface area contributed by atoms with E-state index in [4.69, 9.17) is 4.42 Å². The summed E-state index contributed by atoms with van der Waals surface area (Å²) in [5.74, 6) is 2.84. The number of H-pyrrole nitrogens is 1. The maximum atomic E-state index is 5.31. The first-order chi connectivity index (χ1) is 13.6. The molecule has 0 radical (unpaired) electrons. The van der Waals surface area contributed by atoms with Gasteiger partial charge < -0.3 is 15.1 Å². The Morgan fingerprint density at radius 2 is 1.96 bits per heavy atom. The van der Waals surface area contributed by atoms with Crippen LogP contribution in [0.2, 0.25) is 0 Å². The lowest BCUT2D eigenvalue weighted by Gasteiger charge is -2.11. The average molecular weight is 380 g/mol. The van der Waals surface area contributed by atoms with Gasteiger partial charge in [0.2, 0.25) is 5.82 Å². The van der Waals surface area contributed by atoms with Gasteiger partial charge in [-0.25, -0.2) is 4.98 Å². The molecule has 28 heavy (non-hydrogen) atoms. The summed E-state index contributed by atoms with van der Waals surface area (Å²) < 4.78 is 5.31. The Kier molecular flexibility index (Phi) is 6.84. The highest BCUT2D eigenvalue weighted by Gasteiger charge is 2.08. The number of aromatic nitrogens is 3. The van der Waals surface area contributed by atoms with Gasteiger partial charge in [-0.3, -0.25) is 10.1 Å². The number of nitrogens with one attached hydrogen (secondary N) is 3. The molecule has 0 atom stereocenters. The summed E-state index contributed by atoms with van der Waals surface area (Å²) in [5, 5.41) is 13.8. The number of aliphatic imine (C=N–C) groups is 1. The van der Waals surface area contributed by atoms with Crippen LogP contribution in [-0.2, 0) is 12.8 Å². The third kappa shape index (κ3) is 5.70. The molecule has 2 aromatic heterocycles. The molecule has 0 saturated heterocycles. The molecule has 0 aliphatic rings. The van der Waals surface area contributed by atoms with Crippen molar-refractivity contribution < 1.29 is 4.42 Å². The van der Waals surface area contributed by atoms with Crippen LogP contribution in [0.15, 0.2) is 46.0 Å². The molecule has 2 heterocycles. The first-order valence-electron chi connectivity index (χ1n) is 9.68. The second-order valence-corrected chi connectivity index (χ2v) is 6.77. The van der Waals surface area contributed by atoms with E-state index in [2.05, 4.69) is 69.8 Å². The average Bonchev–Trinajstić information content (AvgIpc) is 3.32. The van der Waals surface area contributed by atoms with Crippen LogP contribution in [0.25, 0.3) is 11.6 Å². The first kappa shape index (κ1) is 19.7. The van der Waals surface area contributed by atoms with Crippen LogP contribution >= 0.6 is 0 Å². The topological polar surface area (TPSA) is 91.1 Å². The first-order valence-corrected chi connectivity index (χ1v) is 9.68. The van der Waals surface area contributed by atoms with E-state index in [1.165, 1.54) is 16.7 Å². The van der Waals surface area contributed by atoms with Gasteiger partial charge in [0.15, 0.2) is 11.7 Å². The molecule has 0 aliphatic heterocycles. The Balaban J connectivity index is 1.49. The van der Waals surface area contributed by atoms with E-state index >= 15 is 0 Å². The number of aromatic amines is 1. The Bertz CT molecular complexity index is 877. The summed E-state index contributed by atoms with van der Waals surface area (Å²) in [6.45, 7) is 8.60. The third-order valence-corrected chi connectivity index (χ3v) is 4.22. The van der Waals surface area contributed by atoms with E-state index < -0.39 is 0 Å². The van der Waals surface area contributed by atoms with Crippen LogP contribution in [-0.4, -0.2) is 40.8 Å². The smallest absolute Gasteiger partial charge is 0.216 e. The van der Waals surface area contributed by atoms with Gasteiger partial charge in [0.25, 0.3) is 0 Å². The molecule has 148 valence electrons. The van der Waals surface area contributed by atoms with Gasteiger partial charge in [0, 0.05) is 26.1 Å². The lowest BCUT2D eigenvalue weighted by Crippen LogP contribution is -2.38. The minimum atomic E-state index is 0.572. The van der Waals surface area contributed by atoms with Gasteiger partial charge in [0.05, 0.1) is 6.26 Å². The predicted octanol–water partition coefficient (Wildman–Crippen LogP) is 3.02. The van der Waals surface area contributed by atoms with Crippen LogP contribution in [0.1, 0.15) is 29.4 Å². The van der Waals surface area contributed by atoms with Crippen molar-refractivity contribution in [3.63, 3.8) is 0 Å². The van der Waals surface area contributed by atoms with E-state index in [1.807, 2.05) is 12.1 Å². The molecular weight excluding hydrogens is 352 g/mol. The van der Waals surface area contributed by atoms with Crippen LogP contribution in [0.4, 0.5) is 0 Å². The quantitative estimate of drug-likeness (QED) is 0.413. The summed E-state index contributed by atoms with van der Waals surface area (Å²) >= 11 is 0. The van der Waals surface area contributed by atoms with E-state index in [1.54, 1.807) is 6.26 Å². The summed E-state index contributed by atoms with van der Waals surface area (Å²) in [5.41, 5.74) is 3.95. The zero-order chi connectivity index (χ0) is 19.8. The number of rotatable bonds is 8. The van der Waals surface area contributed by atoms with Crippen LogP contribution < -0.4 is 10.6 Å². The number of guanidine groups is 1. The Hall–Kier alpha value is -3.09. The standard InChI is InChI=1S/C21H28N6O/c1-4-22-21(23-9-7-17-13-15(2)12-16(3)14-17)24-10-8-19-25-20(27-26-19)18-6-5-11-28-18/h5-6,11-14H,4,7-10H2,1-3H3,(H2,22,23,24)(H,25,26,27). The van der Waals surface area contributed by atoms with Crippen molar-refractivity contribution >= 4 is 5.96 Å². The number of hydrogen-bond donors (Lipinski definition) is 3. The van der Waals surface area contributed by atoms with Gasteiger partial charge in [-0.2, -0.15) is 5.10 Å². The summed E-state index contributed by atoms with van der Waals surface area (Å²) in [4.78, 5) is 9.07. The molecular formula is C21H28N6O. The van der Waals surface area contributed by atoms with Crippen LogP contribution in [0.3, 0.4) is 0 Å². The fourth-order valence-electron chi connectivity index (χ4n) is 3.08. The highest BCUT2D eigenvalue weighted by molar-refractivity contribution is 5.79. The Morgan fingerprint density at radius 3 is 2.68 bits per heavy atom. The van der Waals surface area contributed by atoms with Crippen LogP contribution in [0.5, 0.6) is 0 Å². The molecule has 0 fully saturated rings. The number of benzene rings is 1. The number of aryl methyl sites for hydroxylation is 2. The molecule has 7 nitrogen and oxygen atoms in total. The molecule has 0 bridgehead atoms. The maximum absolute atomic E-state index is 5.31. The lowest BCUT2D eigenvalue weighted by atomic mass is 10.1. The zero-order valence-electron chi connectivity index (χ0n) is 16.7. The van der Waals surface area contributed by atoms with Gasteiger partial charge >= 0.3 is 0 Å². The summed E-state index contributed by atoms with van der Waals surface area (Å²) in [7, 11) is 0. The van der Waals surface area contributed by atoms with Gasteiger partial charge in [0.1, 0.15) is 5.82 Å². The van der Waals surface area contributed by atoms with E-state index in [9.17, 15) is 0 Å². The molecule has 0 aliphatic carbocycles. The minimum absolute atomic E-state index is 0.572. The monoisotopic (exact) mass is 380 g/mol. The van der Waals surface area contributed by atoms with E-state index in [-0.39, 0.29) is 0 Å². The van der Waals surface area contributed by atoms with Crippen molar-refractivity contribution in [2.24, 2.45) is 4.99 Å². The molecule has 0 amide bonds. The van der Waals surface area contributed by atoms with Crippen molar-refractivity contribution in [1.29, 1.82) is 0 Å². The highest BCUT2D eigenvalue weighted by Crippen LogP contribution is 2.14. The van der Waals surface area contributed by atoms with Gasteiger partial charge in [-0.1, -0.05) is 29.3 Å². The highest BCUT2D eigenvalue weighted by atomic mass is 16.3. The van der Waals surface area contributed by atoms with Crippen molar-refractivity contribution in [2.45, 2.75) is 33.6 Å². The fourth-order valence-corrected chi connectivity index (χ4v) is 3.08. The molecule has 3 N–H and O–H groups in total. The molecule has 0 spiro atoms. The fraction of sp³-hybridized carbons (Fsp3) is 0.381. The second-order valence-electron chi connectivity index (χ2n) is 6.77. The second kappa shape index (κ2) is 9.73. The number of hydrogen-bond acceptors (Lipinski definition) is 4. The third-order valence-electron chi connectivity index (χ3n) is 4.22. The lowest BCUT2D eigenvalue weighted by molar-refractivity contribution is 0.577. The molecule has 3 rings (SSSR count). The normalized spacial score (nSPS) is 11.6. The van der Waals surface area contributed by atoms with Gasteiger partial charge in [-0.15, -0.1) is 0 Å². The SMILES string of the molecule is CCNC(=NCCc1nc(-c2ccco2)n[nH]1)NCCc1cc(C)cc(C)c1. The minimum Gasteiger partial charge on any atom is -0.461 e.